The van der Waals surface area contributed by atoms with Crippen LogP contribution in [0.3, 0.4) is 0 Å². The van der Waals surface area contributed by atoms with Crippen molar-refractivity contribution in [1.82, 2.24) is 15.6 Å². The highest BCUT2D eigenvalue weighted by atomic mass is 19.1. The standard InChI is InChI=1S/C18H21FN4O2/c19-12-1-2-16-15(9-12)17(3-6-20-16)23-7-4-13(5-8-23)21-10-14-11-22-18(24)25-14/h1-3,6,9,13-14,21H,4-5,7-8,10-11H2,(H,22,24)/t14-/m1/s1. The second-order valence-corrected chi connectivity index (χ2v) is 6.57. The van der Waals surface area contributed by atoms with Crippen LogP contribution < -0.4 is 15.5 Å². The van der Waals surface area contributed by atoms with Crippen molar-refractivity contribution in [2.45, 2.75) is 25.0 Å². The number of hydrogen-bond donors (Lipinski definition) is 2. The second kappa shape index (κ2) is 6.84. The molecule has 3 heterocycles. The monoisotopic (exact) mass is 344 g/mol. The van der Waals surface area contributed by atoms with Crippen molar-refractivity contribution in [3.63, 3.8) is 0 Å². The fraction of sp³-hybridized carbons (Fsp3) is 0.444. The zero-order chi connectivity index (χ0) is 17.2. The number of fused-ring (bicyclic) bond motifs is 1. The van der Waals surface area contributed by atoms with Gasteiger partial charge in [-0.15, -0.1) is 0 Å². The molecule has 6 nitrogen and oxygen atoms in total. The van der Waals surface area contributed by atoms with E-state index in [2.05, 4.69) is 20.5 Å². The number of hydrogen-bond acceptors (Lipinski definition) is 5. The lowest BCUT2D eigenvalue weighted by atomic mass is 10.0. The Morgan fingerprint density at radius 3 is 2.92 bits per heavy atom. The van der Waals surface area contributed by atoms with Crippen LogP contribution in [0.2, 0.25) is 0 Å². The highest BCUT2D eigenvalue weighted by Crippen LogP contribution is 2.28. The lowest BCUT2D eigenvalue weighted by molar-refractivity contribution is 0.136. The smallest absolute Gasteiger partial charge is 0.407 e. The summed E-state index contributed by atoms with van der Waals surface area (Å²) in [7, 11) is 0. The molecule has 2 aromatic rings. The molecule has 0 saturated carbocycles. The van der Waals surface area contributed by atoms with E-state index in [0.717, 1.165) is 42.5 Å². The van der Waals surface area contributed by atoms with Crippen molar-refractivity contribution in [3.8, 4) is 0 Å². The van der Waals surface area contributed by atoms with Crippen LogP contribution in [0.5, 0.6) is 0 Å². The van der Waals surface area contributed by atoms with Gasteiger partial charge >= 0.3 is 6.09 Å². The average Bonchev–Trinajstić information content (AvgIpc) is 3.05. The molecule has 132 valence electrons. The zero-order valence-corrected chi connectivity index (χ0v) is 13.9. The maximum Gasteiger partial charge on any atom is 0.407 e. The van der Waals surface area contributed by atoms with Crippen molar-refractivity contribution in [2.75, 3.05) is 31.1 Å². The third-order valence-electron chi connectivity index (χ3n) is 4.90. The number of ether oxygens (including phenoxy) is 1. The summed E-state index contributed by atoms with van der Waals surface area (Å²) in [5.74, 6) is -0.238. The number of halogens is 1. The van der Waals surface area contributed by atoms with Crippen molar-refractivity contribution in [2.24, 2.45) is 0 Å². The molecular formula is C18H21FN4O2. The molecule has 2 aliphatic rings. The summed E-state index contributed by atoms with van der Waals surface area (Å²) in [5, 5.41) is 7.01. The normalized spacial score (nSPS) is 21.4. The lowest BCUT2D eigenvalue weighted by Gasteiger charge is -2.34. The number of nitrogens with one attached hydrogen (secondary N) is 2. The number of rotatable bonds is 4. The van der Waals surface area contributed by atoms with Gasteiger partial charge in [0, 0.05) is 42.9 Å². The number of nitrogens with zero attached hydrogens (tertiary/aromatic N) is 2. The fourth-order valence-corrected chi connectivity index (χ4v) is 3.55. The molecule has 2 saturated heterocycles. The third kappa shape index (κ3) is 3.51. The van der Waals surface area contributed by atoms with Crippen LogP contribution in [0.25, 0.3) is 10.9 Å². The van der Waals surface area contributed by atoms with E-state index in [4.69, 9.17) is 4.74 Å². The van der Waals surface area contributed by atoms with Gasteiger partial charge in [0.15, 0.2) is 0 Å². The van der Waals surface area contributed by atoms with E-state index in [9.17, 15) is 9.18 Å². The number of cyclic esters (lactones) is 1. The van der Waals surface area contributed by atoms with E-state index in [1.165, 1.54) is 6.07 Å². The van der Waals surface area contributed by atoms with E-state index in [0.29, 0.717) is 19.1 Å². The molecule has 1 atom stereocenters. The van der Waals surface area contributed by atoms with Gasteiger partial charge in [-0.05, 0) is 37.1 Å². The van der Waals surface area contributed by atoms with Crippen molar-refractivity contribution in [1.29, 1.82) is 0 Å². The number of piperidine rings is 1. The molecule has 0 bridgehead atoms. The first-order valence-corrected chi connectivity index (χ1v) is 8.66. The largest absolute Gasteiger partial charge is 0.443 e. The second-order valence-electron chi connectivity index (χ2n) is 6.57. The van der Waals surface area contributed by atoms with E-state index in [1.807, 2.05) is 6.07 Å². The van der Waals surface area contributed by atoms with E-state index < -0.39 is 0 Å². The third-order valence-corrected chi connectivity index (χ3v) is 4.90. The fourth-order valence-electron chi connectivity index (χ4n) is 3.55. The van der Waals surface area contributed by atoms with Gasteiger partial charge in [0.1, 0.15) is 11.9 Å². The minimum atomic E-state index is -0.335. The number of carbonyl (C=O) groups is 1. The molecule has 1 aromatic heterocycles. The molecule has 2 aliphatic heterocycles. The first-order chi connectivity index (χ1) is 12.2. The quantitative estimate of drug-likeness (QED) is 0.889. The highest BCUT2D eigenvalue weighted by molar-refractivity contribution is 5.91. The molecule has 0 radical (unpaired) electrons. The molecule has 1 aromatic carbocycles. The number of alkyl carbamates (subject to hydrolysis) is 1. The van der Waals surface area contributed by atoms with Gasteiger partial charge in [-0.25, -0.2) is 9.18 Å². The lowest BCUT2D eigenvalue weighted by Crippen LogP contribution is -2.45. The molecule has 0 spiro atoms. The van der Waals surface area contributed by atoms with Crippen molar-refractivity contribution < 1.29 is 13.9 Å². The van der Waals surface area contributed by atoms with E-state index in [1.54, 1.807) is 18.3 Å². The van der Waals surface area contributed by atoms with Gasteiger partial charge in [0.2, 0.25) is 0 Å². The average molecular weight is 344 g/mol. The van der Waals surface area contributed by atoms with Crippen LogP contribution in [0.1, 0.15) is 12.8 Å². The van der Waals surface area contributed by atoms with Crippen molar-refractivity contribution >= 4 is 22.7 Å². The number of pyridine rings is 1. The van der Waals surface area contributed by atoms with Gasteiger partial charge in [0.05, 0.1) is 12.1 Å². The summed E-state index contributed by atoms with van der Waals surface area (Å²) in [6.07, 6.45) is 3.35. The SMILES string of the molecule is O=C1NC[C@@H](CNC2CCN(c3ccnc4ccc(F)cc34)CC2)O1. The number of amides is 1. The molecule has 7 heteroatoms. The maximum absolute atomic E-state index is 13.6. The van der Waals surface area contributed by atoms with Gasteiger partial charge < -0.3 is 20.3 Å². The van der Waals surface area contributed by atoms with Crippen LogP contribution >= 0.6 is 0 Å². The molecule has 2 fully saturated rings. The van der Waals surface area contributed by atoms with Crippen LogP contribution in [0.15, 0.2) is 30.5 Å². The first-order valence-electron chi connectivity index (χ1n) is 8.66. The molecule has 2 N–H and O–H groups in total. The molecule has 25 heavy (non-hydrogen) atoms. The number of aromatic nitrogens is 1. The topological polar surface area (TPSA) is 66.5 Å². The van der Waals surface area contributed by atoms with Crippen molar-refractivity contribution in [3.05, 3.63) is 36.3 Å². The van der Waals surface area contributed by atoms with Gasteiger partial charge in [-0.1, -0.05) is 0 Å². The van der Waals surface area contributed by atoms with Gasteiger partial charge in [-0.3, -0.25) is 4.98 Å². The Labute approximate surface area is 145 Å². The molecule has 1 amide bonds. The van der Waals surface area contributed by atoms with E-state index in [-0.39, 0.29) is 18.0 Å². The molecular weight excluding hydrogens is 323 g/mol. The Bertz CT molecular complexity index is 777. The van der Waals surface area contributed by atoms with Crippen LogP contribution in [0.4, 0.5) is 14.9 Å². The number of anilines is 1. The Kier molecular flexibility index (Phi) is 4.40. The minimum Gasteiger partial charge on any atom is -0.443 e. The molecule has 4 rings (SSSR count). The Morgan fingerprint density at radius 1 is 1.32 bits per heavy atom. The first kappa shape index (κ1) is 16.1. The van der Waals surface area contributed by atoms with Gasteiger partial charge in [0.25, 0.3) is 0 Å². The number of carbonyl (C=O) groups excluding carboxylic acids is 1. The molecule has 0 unspecified atom stereocenters. The summed E-state index contributed by atoms with van der Waals surface area (Å²) in [5.41, 5.74) is 1.85. The highest BCUT2D eigenvalue weighted by Gasteiger charge is 2.25. The van der Waals surface area contributed by atoms with Crippen LogP contribution in [-0.4, -0.2) is 49.4 Å². The summed E-state index contributed by atoms with van der Waals surface area (Å²) < 4.78 is 18.8. The summed E-state index contributed by atoms with van der Waals surface area (Å²) in [6.45, 7) is 3.04. The predicted molar refractivity (Wildman–Crippen MR) is 93.2 cm³/mol. The van der Waals surface area contributed by atoms with E-state index >= 15 is 0 Å². The van der Waals surface area contributed by atoms with Crippen LogP contribution in [-0.2, 0) is 4.74 Å². The zero-order valence-electron chi connectivity index (χ0n) is 13.9. The molecule has 0 aliphatic carbocycles. The van der Waals surface area contributed by atoms with Crippen LogP contribution in [0, 0.1) is 5.82 Å². The number of benzene rings is 1. The summed E-state index contributed by atoms with van der Waals surface area (Å²) in [6, 6.07) is 7.09. The minimum absolute atomic E-state index is 0.0855. The summed E-state index contributed by atoms with van der Waals surface area (Å²) >= 11 is 0. The Hall–Kier alpha value is -2.41. The Balaban J connectivity index is 1.37. The maximum atomic E-state index is 13.6. The Morgan fingerprint density at radius 2 is 2.16 bits per heavy atom. The summed E-state index contributed by atoms with van der Waals surface area (Å²) in [4.78, 5) is 17.6. The van der Waals surface area contributed by atoms with Gasteiger partial charge in [-0.2, -0.15) is 0 Å². The predicted octanol–water partition coefficient (Wildman–Crippen LogP) is 2.04.